The molecule has 0 amide bonds. The summed E-state index contributed by atoms with van der Waals surface area (Å²) in [7, 11) is 0. The summed E-state index contributed by atoms with van der Waals surface area (Å²) in [6, 6.07) is 4.43. The quantitative estimate of drug-likeness (QED) is 0.691. The number of hydrogen-bond acceptors (Lipinski definition) is 3. The van der Waals surface area contributed by atoms with Crippen LogP contribution in [0, 0.1) is 11.8 Å². The maximum Gasteiger partial charge on any atom is 0.0534 e. The number of aromatic nitrogens is 3. The van der Waals surface area contributed by atoms with Crippen LogP contribution < -0.4 is 0 Å². The molecule has 5 heteroatoms. The normalized spacial score (nSPS) is 21.2. The van der Waals surface area contributed by atoms with Gasteiger partial charge >= 0.3 is 0 Å². The van der Waals surface area contributed by atoms with Crippen LogP contribution in [0.15, 0.2) is 30.7 Å². The molecule has 1 aliphatic carbocycles. The molecule has 1 fully saturated rings. The van der Waals surface area contributed by atoms with Crippen molar-refractivity contribution in [1.82, 2.24) is 19.2 Å². The van der Waals surface area contributed by atoms with Gasteiger partial charge in [0.1, 0.15) is 0 Å². The summed E-state index contributed by atoms with van der Waals surface area (Å²) >= 11 is 0. The van der Waals surface area contributed by atoms with Crippen LogP contribution >= 0.6 is 0 Å². The lowest BCUT2D eigenvalue weighted by Crippen LogP contribution is -2.28. The summed E-state index contributed by atoms with van der Waals surface area (Å²) in [4.78, 5) is 2.57. The fourth-order valence-corrected chi connectivity index (χ4v) is 3.77. The minimum atomic E-state index is 0.647. The van der Waals surface area contributed by atoms with Crippen LogP contribution in [0.4, 0.5) is 0 Å². The predicted octanol–water partition coefficient (Wildman–Crippen LogP) is 3.15. The van der Waals surface area contributed by atoms with Crippen LogP contribution in [-0.4, -0.2) is 39.0 Å². The Hall–Kier alpha value is -1.59. The Bertz CT molecular complexity index is 673. The van der Waals surface area contributed by atoms with Gasteiger partial charge in [0.15, 0.2) is 0 Å². The molecule has 1 saturated carbocycles. The highest BCUT2D eigenvalue weighted by Gasteiger charge is 2.23. The van der Waals surface area contributed by atoms with Gasteiger partial charge in [-0.15, -0.1) is 0 Å². The second-order valence-corrected chi connectivity index (χ2v) is 7.70. The third kappa shape index (κ3) is 4.53. The Morgan fingerprint density at radius 1 is 1.24 bits per heavy atom. The van der Waals surface area contributed by atoms with Crippen LogP contribution in [0.25, 0.3) is 0 Å². The zero-order valence-electron chi connectivity index (χ0n) is 15.3. The lowest BCUT2D eigenvalue weighted by atomic mass is 10.1. The van der Waals surface area contributed by atoms with Crippen LogP contribution in [0.1, 0.15) is 37.4 Å². The molecule has 0 N–H and O–H groups in total. The molecular formula is C20H30N4O. The Balaban J connectivity index is 1.37. The number of fused-ring (bicyclic) bond motifs is 1. The van der Waals surface area contributed by atoms with E-state index in [9.17, 15) is 0 Å². The predicted molar refractivity (Wildman–Crippen MR) is 98.1 cm³/mol. The van der Waals surface area contributed by atoms with Crippen molar-refractivity contribution in [1.29, 1.82) is 0 Å². The minimum absolute atomic E-state index is 0.647. The largest absolute Gasteiger partial charge is 0.381 e. The number of rotatable bonds is 8. The van der Waals surface area contributed by atoms with E-state index in [0.29, 0.717) is 5.92 Å². The third-order valence-electron chi connectivity index (χ3n) is 5.42. The molecule has 2 aliphatic rings. The van der Waals surface area contributed by atoms with E-state index in [-0.39, 0.29) is 0 Å². The van der Waals surface area contributed by atoms with E-state index in [4.69, 9.17) is 4.74 Å². The highest BCUT2D eigenvalue weighted by molar-refractivity contribution is 5.10. The maximum absolute atomic E-state index is 5.90. The number of hydrogen-bond donors (Lipinski definition) is 0. The molecule has 0 unspecified atom stereocenters. The summed E-state index contributed by atoms with van der Waals surface area (Å²) in [6.45, 7) is 9.18. The van der Waals surface area contributed by atoms with E-state index in [0.717, 1.165) is 58.3 Å². The molecule has 2 aromatic heterocycles. The van der Waals surface area contributed by atoms with Crippen molar-refractivity contribution in [3.63, 3.8) is 0 Å². The topological polar surface area (TPSA) is 35.2 Å². The van der Waals surface area contributed by atoms with E-state index in [2.05, 4.69) is 46.0 Å². The average molecular weight is 342 g/mol. The maximum atomic E-state index is 5.90. The molecular weight excluding hydrogens is 312 g/mol. The van der Waals surface area contributed by atoms with Crippen LogP contribution in [0.5, 0.6) is 0 Å². The second kappa shape index (κ2) is 7.75. The van der Waals surface area contributed by atoms with E-state index >= 15 is 0 Å². The minimum Gasteiger partial charge on any atom is -0.381 e. The Morgan fingerprint density at radius 3 is 2.96 bits per heavy atom. The molecule has 0 spiro atoms. The summed E-state index contributed by atoms with van der Waals surface area (Å²) in [5, 5.41) is 4.42. The van der Waals surface area contributed by atoms with Crippen molar-refractivity contribution in [2.45, 2.75) is 52.4 Å². The van der Waals surface area contributed by atoms with E-state index in [1.54, 1.807) is 0 Å². The van der Waals surface area contributed by atoms with E-state index in [1.165, 1.54) is 24.1 Å². The molecule has 2 aromatic rings. The van der Waals surface area contributed by atoms with Gasteiger partial charge < -0.3 is 9.30 Å². The smallest absolute Gasteiger partial charge is 0.0534 e. The first-order valence-electron chi connectivity index (χ1n) is 9.75. The lowest BCUT2D eigenvalue weighted by molar-refractivity contribution is 0.101. The number of ether oxygens (including phenoxy) is 1. The SMILES string of the molecule is CCn1cc(CN2Cc3cccn3C[C@@H](CCOCC3CC3)C2)cn1. The summed E-state index contributed by atoms with van der Waals surface area (Å²) in [6.07, 6.45) is 10.3. The zero-order valence-corrected chi connectivity index (χ0v) is 15.3. The molecule has 0 bridgehead atoms. The Morgan fingerprint density at radius 2 is 2.16 bits per heavy atom. The van der Waals surface area contributed by atoms with Crippen molar-refractivity contribution in [3.8, 4) is 0 Å². The van der Waals surface area contributed by atoms with Gasteiger partial charge in [-0.2, -0.15) is 5.10 Å². The molecule has 25 heavy (non-hydrogen) atoms. The molecule has 0 radical (unpaired) electrons. The Kier molecular flexibility index (Phi) is 5.22. The van der Waals surface area contributed by atoms with Gasteiger partial charge in [0.25, 0.3) is 0 Å². The first kappa shape index (κ1) is 16.9. The molecule has 1 aliphatic heterocycles. The average Bonchev–Trinajstić information content (AvgIpc) is 3.22. The first-order chi connectivity index (χ1) is 12.3. The van der Waals surface area contributed by atoms with Crippen LogP contribution in [0.2, 0.25) is 0 Å². The van der Waals surface area contributed by atoms with E-state index < -0.39 is 0 Å². The Labute approximate surface area is 150 Å². The van der Waals surface area contributed by atoms with Crippen molar-refractivity contribution in [2.24, 2.45) is 11.8 Å². The van der Waals surface area contributed by atoms with Gasteiger partial charge in [-0.25, -0.2) is 0 Å². The van der Waals surface area contributed by atoms with Gasteiger partial charge in [0, 0.05) is 69.6 Å². The molecule has 4 rings (SSSR count). The number of aryl methyl sites for hydroxylation is 1. The molecule has 0 saturated heterocycles. The van der Waals surface area contributed by atoms with Gasteiger partial charge in [0.2, 0.25) is 0 Å². The summed E-state index contributed by atoms with van der Waals surface area (Å²) < 4.78 is 10.3. The molecule has 0 aromatic carbocycles. The molecule has 5 nitrogen and oxygen atoms in total. The van der Waals surface area contributed by atoms with Gasteiger partial charge in [-0.3, -0.25) is 9.58 Å². The van der Waals surface area contributed by atoms with Crippen LogP contribution in [-0.2, 0) is 30.9 Å². The van der Waals surface area contributed by atoms with E-state index in [1.807, 2.05) is 10.9 Å². The summed E-state index contributed by atoms with van der Waals surface area (Å²) in [5.41, 5.74) is 2.73. The monoisotopic (exact) mass is 342 g/mol. The van der Waals surface area contributed by atoms with Crippen molar-refractivity contribution >= 4 is 0 Å². The van der Waals surface area contributed by atoms with Crippen molar-refractivity contribution in [3.05, 3.63) is 42.0 Å². The van der Waals surface area contributed by atoms with Crippen molar-refractivity contribution < 1.29 is 4.74 Å². The second-order valence-electron chi connectivity index (χ2n) is 7.70. The number of nitrogens with zero attached hydrogens (tertiary/aromatic N) is 4. The highest BCUT2D eigenvalue weighted by Crippen LogP contribution is 2.29. The first-order valence-corrected chi connectivity index (χ1v) is 9.75. The van der Waals surface area contributed by atoms with Gasteiger partial charge in [-0.05, 0) is 50.2 Å². The van der Waals surface area contributed by atoms with Crippen molar-refractivity contribution in [2.75, 3.05) is 19.8 Å². The van der Waals surface area contributed by atoms with Crippen LogP contribution in [0.3, 0.4) is 0 Å². The zero-order chi connectivity index (χ0) is 17.1. The standard InChI is InChI=1S/C20H30N4O/c1-2-24-14-19(10-21-24)12-22-11-18(7-9-25-16-17-5-6-17)13-23-8-3-4-20(23)15-22/h3-4,8,10,14,17-18H,2,5-7,9,11-13,15-16H2,1H3/t18-/m0/s1. The van der Waals surface area contributed by atoms with Gasteiger partial charge in [0.05, 0.1) is 6.20 Å². The van der Waals surface area contributed by atoms with Gasteiger partial charge in [-0.1, -0.05) is 0 Å². The molecule has 136 valence electrons. The summed E-state index contributed by atoms with van der Waals surface area (Å²) in [5.74, 6) is 1.51. The highest BCUT2D eigenvalue weighted by atomic mass is 16.5. The lowest BCUT2D eigenvalue weighted by Gasteiger charge is -2.23. The fourth-order valence-electron chi connectivity index (χ4n) is 3.77. The third-order valence-corrected chi connectivity index (χ3v) is 5.42. The molecule has 1 atom stereocenters. The molecule has 3 heterocycles. The fraction of sp³-hybridized carbons (Fsp3) is 0.650.